The minimum atomic E-state index is -1.05. The highest BCUT2D eigenvalue weighted by Gasteiger charge is 2.18. The molecule has 0 aromatic carbocycles. The zero-order valence-electron chi connectivity index (χ0n) is 14.9. The largest absolute Gasteiger partial charge is 0.480 e. The van der Waals surface area contributed by atoms with Crippen molar-refractivity contribution in [2.24, 2.45) is 0 Å². The molecule has 2 rings (SSSR count). The van der Waals surface area contributed by atoms with Crippen molar-refractivity contribution in [3.8, 4) is 11.6 Å². The Morgan fingerprint density at radius 2 is 1.44 bits per heavy atom. The molecule has 0 unspecified atom stereocenters. The summed E-state index contributed by atoms with van der Waals surface area (Å²) in [7, 11) is 0. The molecular weight excluding hydrogens is 326 g/mol. The zero-order chi connectivity index (χ0) is 18.4. The molecule has 0 saturated carbocycles. The Morgan fingerprint density at radius 3 is 1.88 bits per heavy atom. The van der Waals surface area contributed by atoms with Crippen molar-refractivity contribution < 1.29 is 9.90 Å². The first-order valence-electron chi connectivity index (χ1n) is 8.28. The number of carbonyl (C=O) groups is 1. The molecule has 0 bridgehead atoms. The van der Waals surface area contributed by atoms with Crippen LogP contribution < -0.4 is 9.80 Å². The Kier molecular flexibility index (Phi) is 6.14. The summed E-state index contributed by atoms with van der Waals surface area (Å²) in [6.45, 7) is 10.7. The summed E-state index contributed by atoms with van der Waals surface area (Å²) < 4.78 is 0. The van der Waals surface area contributed by atoms with Crippen LogP contribution in [0.1, 0.15) is 27.7 Å². The molecule has 0 aliphatic rings. The fourth-order valence-corrected chi connectivity index (χ4v) is 2.27. The van der Waals surface area contributed by atoms with Gasteiger partial charge in [-0.05, 0) is 32.9 Å². The van der Waals surface area contributed by atoms with Gasteiger partial charge in [0.2, 0.25) is 23.5 Å². The van der Waals surface area contributed by atoms with Crippen LogP contribution in [0.5, 0.6) is 0 Å². The summed E-state index contributed by atoms with van der Waals surface area (Å²) in [5, 5.41) is 20.5. The van der Waals surface area contributed by atoms with E-state index in [4.69, 9.17) is 5.11 Å². The average Bonchev–Trinajstić information content (AvgIpc) is 3.05. The van der Waals surface area contributed by atoms with Crippen LogP contribution in [-0.2, 0) is 11.3 Å². The fourth-order valence-electron chi connectivity index (χ4n) is 2.27. The van der Waals surface area contributed by atoms with Crippen molar-refractivity contribution in [2.45, 2.75) is 34.2 Å². The van der Waals surface area contributed by atoms with Gasteiger partial charge in [-0.3, -0.25) is 4.79 Å². The summed E-state index contributed by atoms with van der Waals surface area (Å²) in [5.41, 5.74) is 0. The van der Waals surface area contributed by atoms with Gasteiger partial charge in [0, 0.05) is 26.2 Å². The van der Waals surface area contributed by atoms with E-state index in [0.29, 0.717) is 11.9 Å². The molecule has 0 saturated heterocycles. The van der Waals surface area contributed by atoms with Gasteiger partial charge in [-0.1, -0.05) is 0 Å². The van der Waals surface area contributed by atoms with Gasteiger partial charge in [0.15, 0.2) is 6.54 Å². The zero-order valence-corrected chi connectivity index (χ0v) is 14.9. The molecule has 11 heteroatoms. The predicted molar refractivity (Wildman–Crippen MR) is 91.4 cm³/mol. The molecule has 136 valence electrons. The average molecular weight is 349 g/mol. The van der Waals surface area contributed by atoms with Gasteiger partial charge in [-0.15, -0.1) is 10.2 Å². The fraction of sp³-hybridized carbons (Fsp3) is 0.643. The second-order valence-corrected chi connectivity index (χ2v) is 5.14. The lowest BCUT2D eigenvalue weighted by Crippen LogP contribution is -2.29. The number of rotatable bonds is 9. The third kappa shape index (κ3) is 4.37. The van der Waals surface area contributed by atoms with Crippen LogP contribution in [0.4, 0.5) is 11.9 Å². The first-order chi connectivity index (χ1) is 12.0. The Morgan fingerprint density at radius 1 is 0.920 bits per heavy atom. The van der Waals surface area contributed by atoms with Crippen molar-refractivity contribution in [3.05, 3.63) is 0 Å². The third-order valence-electron chi connectivity index (χ3n) is 3.63. The summed E-state index contributed by atoms with van der Waals surface area (Å²) >= 11 is 0. The Balaban J connectivity index is 2.48. The molecule has 11 nitrogen and oxygen atoms in total. The van der Waals surface area contributed by atoms with Gasteiger partial charge in [-0.2, -0.15) is 19.7 Å². The van der Waals surface area contributed by atoms with Crippen LogP contribution in [0, 0.1) is 0 Å². The molecule has 0 spiro atoms. The van der Waals surface area contributed by atoms with E-state index < -0.39 is 5.97 Å². The van der Waals surface area contributed by atoms with E-state index in [1.54, 1.807) is 0 Å². The quantitative estimate of drug-likeness (QED) is 0.675. The minimum Gasteiger partial charge on any atom is -0.480 e. The van der Waals surface area contributed by atoms with Crippen molar-refractivity contribution in [2.75, 3.05) is 36.0 Å². The number of anilines is 2. The van der Waals surface area contributed by atoms with Crippen LogP contribution >= 0.6 is 0 Å². The third-order valence-corrected chi connectivity index (χ3v) is 3.63. The number of hydrogen-bond donors (Lipinski definition) is 1. The second-order valence-electron chi connectivity index (χ2n) is 5.14. The Hall–Kier alpha value is -2.85. The minimum absolute atomic E-state index is 0.172. The lowest BCUT2D eigenvalue weighted by Gasteiger charge is -2.23. The standard InChI is InChI=1S/C14H23N9O2/c1-5-21(6-2)13-15-11(16-14(17-13)22(7-3)8-4)12-18-20-23(19-12)9-10(24)25/h5-9H2,1-4H3,(H,24,25). The first-order valence-corrected chi connectivity index (χ1v) is 8.28. The highest BCUT2D eigenvalue weighted by Crippen LogP contribution is 2.18. The van der Waals surface area contributed by atoms with Gasteiger partial charge in [0.1, 0.15) is 0 Å². The Bertz CT molecular complexity index is 680. The van der Waals surface area contributed by atoms with E-state index >= 15 is 0 Å². The molecule has 2 aromatic heterocycles. The maximum absolute atomic E-state index is 10.8. The van der Waals surface area contributed by atoms with Crippen molar-refractivity contribution in [1.29, 1.82) is 0 Å². The second kappa shape index (κ2) is 8.31. The van der Waals surface area contributed by atoms with Crippen molar-refractivity contribution in [1.82, 2.24) is 35.2 Å². The van der Waals surface area contributed by atoms with E-state index in [-0.39, 0.29) is 18.2 Å². The number of carboxylic acid groups (broad SMARTS) is 1. The van der Waals surface area contributed by atoms with Gasteiger partial charge >= 0.3 is 5.97 Å². The molecule has 0 radical (unpaired) electrons. The smallest absolute Gasteiger partial charge is 0.327 e. The highest BCUT2D eigenvalue weighted by molar-refractivity contribution is 5.66. The molecule has 0 aliphatic heterocycles. The first kappa shape index (κ1) is 18.5. The molecule has 1 N–H and O–H groups in total. The van der Waals surface area contributed by atoms with Gasteiger partial charge in [0.05, 0.1) is 0 Å². The topological polar surface area (TPSA) is 126 Å². The van der Waals surface area contributed by atoms with Gasteiger partial charge < -0.3 is 14.9 Å². The van der Waals surface area contributed by atoms with Gasteiger partial charge in [-0.25, -0.2) is 0 Å². The molecule has 0 atom stereocenters. The van der Waals surface area contributed by atoms with Crippen LogP contribution in [0.15, 0.2) is 0 Å². The number of aromatic nitrogens is 7. The lowest BCUT2D eigenvalue weighted by atomic mass is 10.5. The van der Waals surface area contributed by atoms with Crippen LogP contribution in [0.25, 0.3) is 11.6 Å². The van der Waals surface area contributed by atoms with E-state index in [0.717, 1.165) is 31.0 Å². The maximum atomic E-state index is 10.8. The summed E-state index contributed by atoms with van der Waals surface area (Å²) in [5.74, 6) is 0.464. The van der Waals surface area contributed by atoms with Crippen LogP contribution in [-0.4, -0.2) is 72.4 Å². The summed E-state index contributed by atoms with van der Waals surface area (Å²) in [4.78, 5) is 29.2. The molecule has 25 heavy (non-hydrogen) atoms. The normalized spacial score (nSPS) is 10.7. The van der Waals surface area contributed by atoms with Crippen LogP contribution in [0.3, 0.4) is 0 Å². The molecule has 0 amide bonds. The number of hydrogen-bond acceptors (Lipinski definition) is 9. The number of nitrogens with zero attached hydrogens (tertiary/aromatic N) is 9. The van der Waals surface area contributed by atoms with E-state index in [9.17, 15) is 4.79 Å². The molecule has 2 heterocycles. The molecular formula is C14H23N9O2. The monoisotopic (exact) mass is 349 g/mol. The molecule has 2 aromatic rings. The highest BCUT2D eigenvalue weighted by atomic mass is 16.4. The number of carboxylic acids is 1. The summed E-state index contributed by atoms with van der Waals surface area (Å²) in [6, 6.07) is 0. The van der Waals surface area contributed by atoms with E-state index in [2.05, 4.69) is 30.4 Å². The Labute approximate surface area is 145 Å². The number of aliphatic carboxylic acids is 1. The van der Waals surface area contributed by atoms with E-state index in [1.807, 2.05) is 37.5 Å². The lowest BCUT2D eigenvalue weighted by molar-refractivity contribution is -0.138. The predicted octanol–water partition coefficient (Wildman–Crippen LogP) is 0.302. The van der Waals surface area contributed by atoms with E-state index in [1.165, 1.54) is 0 Å². The van der Waals surface area contributed by atoms with Crippen molar-refractivity contribution in [3.63, 3.8) is 0 Å². The molecule has 0 fully saturated rings. The number of tetrazole rings is 1. The van der Waals surface area contributed by atoms with Crippen LogP contribution in [0.2, 0.25) is 0 Å². The molecule has 0 aliphatic carbocycles. The SMILES string of the molecule is CCN(CC)c1nc(-c2nnn(CC(=O)O)n2)nc(N(CC)CC)n1. The maximum Gasteiger partial charge on any atom is 0.327 e. The van der Waals surface area contributed by atoms with Crippen molar-refractivity contribution >= 4 is 17.9 Å². The van der Waals surface area contributed by atoms with Gasteiger partial charge in [0.25, 0.3) is 0 Å². The summed E-state index contributed by atoms with van der Waals surface area (Å²) in [6.07, 6.45) is 0.